The van der Waals surface area contributed by atoms with Crippen LogP contribution in [0.3, 0.4) is 0 Å². The zero-order valence-electron chi connectivity index (χ0n) is 13.1. The molecule has 23 heavy (non-hydrogen) atoms. The van der Waals surface area contributed by atoms with Crippen molar-refractivity contribution in [2.45, 2.75) is 29.9 Å². The van der Waals surface area contributed by atoms with Gasteiger partial charge in [-0.3, -0.25) is 9.59 Å². The summed E-state index contributed by atoms with van der Waals surface area (Å²) in [7, 11) is 0. The summed E-state index contributed by atoms with van der Waals surface area (Å²) in [5.41, 5.74) is 1.52. The van der Waals surface area contributed by atoms with Gasteiger partial charge in [0.05, 0.1) is 5.69 Å². The average molecular weight is 325 g/mol. The van der Waals surface area contributed by atoms with Crippen molar-refractivity contribution in [2.75, 3.05) is 11.4 Å². The number of para-hydroxylation sites is 1. The lowest BCUT2D eigenvalue weighted by Crippen LogP contribution is -2.45. The third-order valence-corrected chi connectivity index (χ3v) is 5.17. The minimum absolute atomic E-state index is 0.101. The van der Waals surface area contributed by atoms with Crippen molar-refractivity contribution in [1.82, 2.24) is 0 Å². The zero-order chi connectivity index (χ0) is 16.2. The predicted octanol–water partition coefficient (Wildman–Crippen LogP) is 4.18. The Morgan fingerprint density at radius 1 is 1.09 bits per heavy atom. The van der Waals surface area contributed by atoms with E-state index in [9.17, 15) is 9.59 Å². The predicted molar refractivity (Wildman–Crippen MR) is 94.1 cm³/mol. The van der Waals surface area contributed by atoms with Gasteiger partial charge in [-0.2, -0.15) is 0 Å². The van der Waals surface area contributed by atoms with Gasteiger partial charge < -0.3 is 4.90 Å². The number of amides is 1. The molecule has 0 fully saturated rings. The second-order valence-corrected chi connectivity index (χ2v) is 6.69. The molecular weight excluding hydrogens is 306 g/mol. The molecule has 0 spiro atoms. The van der Waals surface area contributed by atoms with Gasteiger partial charge in [0.25, 0.3) is 0 Å². The van der Waals surface area contributed by atoms with Crippen molar-refractivity contribution in [3.8, 4) is 0 Å². The summed E-state index contributed by atoms with van der Waals surface area (Å²) >= 11 is 1.36. The van der Waals surface area contributed by atoms with Gasteiger partial charge in [-0.25, -0.2) is 0 Å². The van der Waals surface area contributed by atoms with Crippen molar-refractivity contribution >= 4 is 29.1 Å². The summed E-state index contributed by atoms with van der Waals surface area (Å²) in [6.07, 6.45) is 1.94. The van der Waals surface area contributed by atoms with Crippen LogP contribution in [-0.2, 0) is 4.79 Å². The van der Waals surface area contributed by atoms with Crippen molar-refractivity contribution in [3.05, 3.63) is 60.2 Å². The molecule has 1 aliphatic heterocycles. The number of carbonyl (C=O) groups excluding carboxylic acids is 2. The van der Waals surface area contributed by atoms with E-state index in [4.69, 9.17) is 0 Å². The molecule has 0 radical (unpaired) electrons. The number of thioether (sulfide) groups is 1. The van der Waals surface area contributed by atoms with E-state index in [2.05, 4.69) is 6.92 Å². The Kier molecular flexibility index (Phi) is 4.82. The second-order valence-electron chi connectivity index (χ2n) is 5.54. The molecular formula is C19H19NO2S. The van der Waals surface area contributed by atoms with E-state index in [1.54, 1.807) is 17.0 Å². The third-order valence-electron chi connectivity index (χ3n) is 3.92. The van der Waals surface area contributed by atoms with Gasteiger partial charge in [0.2, 0.25) is 5.91 Å². The lowest BCUT2D eigenvalue weighted by atomic mass is 10.1. The van der Waals surface area contributed by atoms with Gasteiger partial charge in [0.15, 0.2) is 11.0 Å². The number of hydrogen-bond donors (Lipinski definition) is 0. The molecule has 0 aliphatic carbocycles. The highest BCUT2D eigenvalue weighted by Crippen LogP contribution is 2.40. The van der Waals surface area contributed by atoms with E-state index in [1.807, 2.05) is 42.5 Å². The largest absolute Gasteiger partial charge is 0.310 e. The minimum atomic E-state index is -0.691. The molecule has 0 saturated carbocycles. The number of hydrogen-bond acceptors (Lipinski definition) is 3. The number of rotatable bonds is 5. The monoisotopic (exact) mass is 325 g/mol. The SMILES string of the molecule is CCCCN1C(=O)C(C(=O)c2ccccc2)Sc2ccccc21. The number of unbranched alkanes of at least 4 members (excludes halogenated alkanes) is 1. The van der Waals surface area contributed by atoms with E-state index < -0.39 is 5.25 Å². The highest BCUT2D eigenvalue weighted by molar-refractivity contribution is 8.01. The fraction of sp³-hybridized carbons (Fsp3) is 0.263. The topological polar surface area (TPSA) is 37.4 Å². The fourth-order valence-corrected chi connectivity index (χ4v) is 3.87. The molecule has 3 nitrogen and oxygen atoms in total. The van der Waals surface area contributed by atoms with Crippen LogP contribution in [0.1, 0.15) is 30.1 Å². The molecule has 1 aliphatic rings. The number of benzene rings is 2. The van der Waals surface area contributed by atoms with Crippen LogP contribution in [0.5, 0.6) is 0 Å². The number of fused-ring (bicyclic) bond motifs is 1. The number of carbonyl (C=O) groups is 2. The minimum Gasteiger partial charge on any atom is -0.310 e. The molecule has 0 aromatic heterocycles. The van der Waals surface area contributed by atoms with E-state index >= 15 is 0 Å². The molecule has 1 heterocycles. The Balaban J connectivity index is 1.94. The zero-order valence-corrected chi connectivity index (χ0v) is 13.9. The molecule has 0 bridgehead atoms. The Bertz CT molecular complexity index is 714. The van der Waals surface area contributed by atoms with E-state index in [1.165, 1.54) is 11.8 Å². The number of Topliss-reactive ketones (excluding diaryl/α,β-unsaturated/α-hetero) is 1. The maximum atomic E-state index is 12.9. The number of nitrogens with zero attached hydrogens (tertiary/aromatic N) is 1. The first-order valence-electron chi connectivity index (χ1n) is 7.88. The summed E-state index contributed by atoms with van der Waals surface area (Å²) in [5, 5.41) is -0.691. The van der Waals surface area contributed by atoms with Crippen LogP contribution in [0.2, 0.25) is 0 Å². The Morgan fingerprint density at radius 2 is 1.78 bits per heavy atom. The molecule has 1 amide bonds. The second kappa shape index (κ2) is 7.01. The molecule has 0 N–H and O–H groups in total. The Morgan fingerprint density at radius 3 is 2.52 bits per heavy atom. The third kappa shape index (κ3) is 3.17. The summed E-state index contributed by atoms with van der Waals surface area (Å²) in [4.78, 5) is 28.4. The smallest absolute Gasteiger partial charge is 0.248 e. The molecule has 2 aromatic rings. The standard InChI is InChI=1S/C19H19NO2S/c1-2-3-13-20-15-11-7-8-12-16(15)23-18(19(20)22)17(21)14-9-5-4-6-10-14/h4-12,18H,2-3,13H2,1H3. The molecule has 1 atom stereocenters. The lowest BCUT2D eigenvalue weighted by molar-refractivity contribution is -0.117. The van der Waals surface area contributed by atoms with E-state index in [-0.39, 0.29) is 11.7 Å². The van der Waals surface area contributed by atoms with Crippen LogP contribution in [0, 0.1) is 0 Å². The average Bonchev–Trinajstić information content (AvgIpc) is 2.61. The first-order chi connectivity index (χ1) is 11.2. The Hall–Kier alpha value is -2.07. The number of anilines is 1. The van der Waals surface area contributed by atoms with Crippen LogP contribution in [0.25, 0.3) is 0 Å². The highest BCUT2D eigenvalue weighted by atomic mass is 32.2. The van der Waals surface area contributed by atoms with Crippen LogP contribution in [0.4, 0.5) is 5.69 Å². The van der Waals surface area contributed by atoms with Gasteiger partial charge >= 0.3 is 0 Å². The molecule has 3 rings (SSSR count). The van der Waals surface area contributed by atoms with Crippen LogP contribution >= 0.6 is 11.8 Å². The van der Waals surface area contributed by atoms with Gasteiger partial charge in [-0.15, -0.1) is 11.8 Å². The first kappa shape index (κ1) is 15.8. The number of ketones is 1. The summed E-state index contributed by atoms with van der Waals surface area (Å²) < 4.78 is 0. The summed E-state index contributed by atoms with van der Waals surface area (Å²) in [6, 6.07) is 16.9. The molecule has 0 saturated heterocycles. The molecule has 2 aromatic carbocycles. The van der Waals surface area contributed by atoms with E-state index in [0.29, 0.717) is 12.1 Å². The lowest BCUT2D eigenvalue weighted by Gasteiger charge is -2.33. The van der Waals surface area contributed by atoms with Crippen molar-refractivity contribution in [3.63, 3.8) is 0 Å². The molecule has 1 unspecified atom stereocenters. The van der Waals surface area contributed by atoms with Crippen molar-refractivity contribution in [1.29, 1.82) is 0 Å². The summed E-state index contributed by atoms with van der Waals surface area (Å²) in [6.45, 7) is 2.76. The maximum absolute atomic E-state index is 12.9. The van der Waals surface area contributed by atoms with Crippen molar-refractivity contribution in [2.24, 2.45) is 0 Å². The van der Waals surface area contributed by atoms with Gasteiger partial charge in [-0.1, -0.05) is 55.8 Å². The van der Waals surface area contributed by atoms with Gasteiger partial charge in [-0.05, 0) is 18.6 Å². The van der Waals surface area contributed by atoms with Crippen LogP contribution < -0.4 is 4.90 Å². The normalized spacial score (nSPS) is 17.0. The quantitative estimate of drug-likeness (QED) is 0.611. The van der Waals surface area contributed by atoms with Gasteiger partial charge in [0, 0.05) is 17.0 Å². The Labute approximate surface area is 140 Å². The highest BCUT2D eigenvalue weighted by Gasteiger charge is 2.37. The molecule has 4 heteroatoms. The van der Waals surface area contributed by atoms with E-state index in [0.717, 1.165) is 23.4 Å². The van der Waals surface area contributed by atoms with Crippen LogP contribution in [0.15, 0.2) is 59.5 Å². The maximum Gasteiger partial charge on any atom is 0.248 e. The van der Waals surface area contributed by atoms with Crippen molar-refractivity contribution < 1.29 is 9.59 Å². The fourth-order valence-electron chi connectivity index (χ4n) is 2.68. The van der Waals surface area contributed by atoms with Gasteiger partial charge in [0.1, 0.15) is 0 Å². The van der Waals surface area contributed by atoms with Crippen LogP contribution in [-0.4, -0.2) is 23.5 Å². The first-order valence-corrected chi connectivity index (χ1v) is 8.76. The summed E-state index contributed by atoms with van der Waals surface area (Å²) in [5.74, 6) is -0.215. The molecule has 118 valence electrons.